The fourth-order valence-corrected chi connectivity index (χ4v) is 5.51. The molecule has 0 bridgehead atoms. The van der Waals surface area contributed by atoms with Crippen LogP contribution in [0.5, 0.6) is 0 Å². The molecule has 4 rings (SSSR count). The zero-order valence-electron chi connectivity index (χ0n) is 26.4. The Bertz CT molecular complexity index is 872. The van der Waals surface area contributed by atoms with E-state index in [4.69, 9.17) is 10.2 Å². The molecule has 0 saturated heterocycles. The largest absolute Gasteiger partial charge is 2.00 e. The molecule has 2 N–H and O–H groups in total. The van der Waals surface area contributed by atoms with E-state index in [1.165, 1.54) is 46.3 Å². The van der Waals surface area contributed by atoms with Gasteiger partial charge in [-0.1, -0.05) is 105 Å². The van der Waals surface area contributed by atoms with Crippen molar-refractivity contribution in [2.45, 2.75) is 133 Å². The standard InChI is InChI=1S/2C10H15.2C7H12O2.Ti/c2*1-7-6-10(4,5)9(3)8(7)2;2*8-7(9)6-4-2-1-3-5-6;/h2*1-5H3;2*6H,1-5H2,(H,8,9);/q2*-1;;;+2. The van der Waals surface area contributed by atoms with Gasteiger partial charge in [-0.2, -0.15) is 22.3 Å². The summed E-state index contributed by atoms with van der Waals surface area (Å²) in [5.74, 6) is -1.26. The van der Waals surface area contributed by atoms with E-state index in [1.54, 1.807) is 0 Å². The molecule has 4 aliphatic rings. The van der Waals surface area contributed by atoms with E-state index < -0.39 is 11.9 Å². The maximum atomic E-state index is 10.4. The Morgan fingerprint density at radius 1 is 0.590 bits per heavy atom. The summed E-state index contributed by atoms with van der Waals surface area (Å²) in [5, 5.41) is 17.1. The number of rotatable bonds is 2. The Balaban J connectivity index is 0.000000490. The molecule has 4 aliphatic carbocycles. The number of hydrogen-bond acceptors (Lipinski definition) is 2. The first-order chi connectivity index (χ1) is 17.5. The minimum atomic E-state index is -0.602. The van der Waals surface area contributed by atoms with E-state index in [2.05, 4.69) is 81.4 Å². The van der Waals surface area contributed by atoms with Crippen LogP contribution in [-0.2, 0) is 31.3 Å². The van der Waals surface area contributed by atoms with E-state index in [0.29, 0.717) is 0 Å². The fraction of sp³-hybridized carbons (Fsp3) is 0.706. The molecule has 0 unspecified atom stereocenters. The van der Waals surface area contributed by atoms with Crippen LogP contribution in [0.1, 0.15) is 133 Å². The summed E-state index contributed by atoms with van der Waals surface area (Å²) < 4.78 is 0. The normalized spacial score (nSPS) is 22.1. The van der Waals surface area contributed by atoms with E-state index in [9.17, 15) is 9.59 Å². The van der Waals surface area contributed by atoms with Gasteiger partial charge in [-0.15, -0.1) is 13.8 Å². The van der Waals surface area contributed by atoms with Gasteiger partial charge in [0.05, 0.1) is 11.8 Å². The number of carboxylic acid groups (broad SMARTS) is 2. The molecule has 2 saturated carbocycles. The van der Waals surface area contributed by atoms with Crippen LogP contribution >= 0.6 is 0 Å². The summed E-state index contributed by atoms with van der Waals surface area (Å²) in [6.07, 6.45) is 17.3. The number of aliphatic carboxylic acids is 2. The van der Waals surface area contributed by atoms with Crippen molar-refractivity contribution in [1.82, 2.24) is 0 Å². The second-order valence-electron chi connectivity index (χ2n) is 12.6. The molecule has 0 aromatic rings. The van der Waals surface area contributed by atoms with Gasteiger partial charge >= 0.3 is 33.7 Å². The molecular weight excluding hydrogens is 520 g/mol. The van der Waals surface area contributed by atoms with Gasteiger partial charge in [-0.3, -0.25) is 21.7 Å². The zero-order chi connectivity index (χ0) is 29.3. The summed E-state index contributed by atoms with van der Waals surface area (Å²) in [4.78, 5) is 20.7. The van der Waals surface area contributed by atoms with Crippen molar-refractivity contribution in [2.24, 2.45) is 22.7 Å². The van der Waals surface area contributed by atoms with E-state index >= 15 is 0 Å². The molecule has 2 fully saturated rings. The predicted octanol–water partition coefficient (Wildman–Crippen LogP) is 9.52. The number of allylic oxidation sites excluding steroid dienone is 8. The van der Waals surface area contributed by atoms with Gasteiger partial charge in [0.1, 0.15) is 0 Å². The van der Waals surface area contributed by atoms with E-state index in [-0.39, 0.29) is 44.4 Å². The van der Waals surface area contributed by atoms with Gasteiger partial charge in [0.25, 0.3) is 0 Å². The Morgan fingerprint density at radius 3 is 0.949 bits per heavy atom. The van der Waals surface area contributed by atoms with Gasteiger partial charge in [0, 0.05) is 0 Å². The fourth-order valence-electron chi connectivity index (χ4n) is 5.51. The van der Waals surface area contributed by atoms with Crippen LogP contribution in [0, 0.1) is 34.8 Å². The average molecular weight is 575 g/mol. The summed E-state index contributed by atoms with van der Waals surface area (Å²) in [7, 11) is 0. The molecule has 218 valence electrons. The summed E-state index contributed by atoms with van der Waals surface area (Å²) >= 11 is 0. The minimum Gasteiger partial charge on any atom is -0.481 e. The molecule has 0 aromatic carbocycles. The van der Waals surface area contributed by atoms with Gasteiger partial charge in [0.2, 0.25) is 0 Å². The van der Waals surface area contributed by atoms with Crippen molar-refractivity contribution in [1.29, 1.82) is 0 Å². The maximum Gasteiger partial charge on any atom is 2.00 e. The van der Waals surface area contributed by atoms with Crippen molar-refractivity contribution < 1.29 is 41.5 Å². The third-order valence-electron chi connectivity index (χ3n) is 9.03. The molecule has 0 heterocycles. The van der Waals surface area contributed by atoms with Crippen molar-refractivity contribution in [3.8, 4) is 0 Å². The Morgan fingerprint density at radius 2 is 0.846 bits per heavy atom. The molecule has 39 heavy (non-hydrogen) atoms. The van der Waals surface area contributed by atoms with E-state index in [0.717, 1.165) is 51.4 Å². The average Bonchev–Trinajstić information content (AvgIpc) is 3.16. The first kappa shape index (κ1) is 37.6. The Hall–Kier alpha value is -1.39. The summed E-state index contributed by atoms with van der Waals surface area (Å²) in [5.41, 5.74) is 8.79. The molecule has 0 radical (unpaired) electrons. The number of hydrogen-bond donors (Lipinski definition) is 2. The zero-order valence-corrected chi connectivity index (χ0v) is 28.0. The minimum absolute atomic E-state index is 0. The topological polar surface area (TPSA) is 74.6 Å². The van der Waals surface area contributed by atoms with Crippen LogP contribution in [0.2, 0.25) is 0 Å². The first-order valence-electron chi connectivity index (χ1n) is 14.6. The van der Waals surface area contributed by atoms with E-state index in [1.807, 2.05) is 0 Å². The van der Waals surface area contributed by atoms with Gasteiger partial charge in [-0.05, 0) is 25.7 Å². The molecule has 4 nitrogen and oxygen atoms in total. The monoisotopic (exact) mass is 574 g/mol. The second kappa shape index (κ2) is 16.8. The van der Waals surface area contributed by atoms with Gasteiger partial charge in [0.15, 0.2) is 0 Å². The van der Waals surface area contributed by atoms with Crippen LogP contribution in [-0.4, -0.2) is 22.2 Å². The molecule has 0 atom stereocenters. The Kier molecular flexibility index (Phi) is 16.2. The first-order valence-corrected chi connectivity index (χ1v) is 14.6. The number of carboxylic acids is 2. The molecule has 0 aromatic heterocycles. The SMILES string of the molecule is CC1=[C-]C(C)(C)C(C)=C1C.CC1=[C-]C(C)(C)C(C)=C1C.O=C(O)C1CCCCC1.O=C(O)C1CCCCC1.[Ti+2]. The summed E-state index contributed by atoms with van der Waals surface area (Å²) in [6.45, 7) is 21.8. The third-order valence-corrected chi connectivity index (χ3v) is 9.03. The van der Waals surface area contributed by atoms with Crippen LogP contribution in [0.25, 0.3) is 0 Å². The van der Waals surface area contributed by atoms with Gasteiger partial charge < -0.3 is 10.2 Å². The quantitative estimate of drug-likeness (QED) is 0.254. The molecule has 0 aliphatic heterocycles. The van der Waals surface area contributed by atoms with Crippen LogP contribution in [0.3, 0.4) is 0 Å². The smallest absolute Gasteiger partial charge is 0.481 e. The molecule has 5 heteroatoms. The van der Waals surface area contributed by atoms with Crippen LogP contribution in [0.4, 0.5) is 0 Å². The summed E-state index contributed by atoms with van der Waals surface area (Å²) in [6, 6.07) is 0. The third kappa shape index (κ3) is 11.9. The number of carbonyl (C=O) groups is 2. The molecule has 0 amide bonds. The van der Waals surface area contributed by atoms with Gasteiger partial charge in [-0.25, -0.2) is 11.1 Å². The molecular formula is C34H54O4Ti. The second-order valence-corrected chi connectivity index (χ2v) is 12.6. The predicted molar refractivity (Wildman–Crippen MR) is 158 cm³/mol. The van der Waals surface area contributed by atoms with Crippen LogP contribution in [0.15, 0.2) is 33.4 Å². The van der Waals surface area contributed by atoms with Crippen LogP contribution < -0.4 is 0 Å². The van der Waals surface area contributed by atoms with Crippen molar-refractivity contribution in [3.63, 3.8) is 0 Å². The van der Waals surface area contributed by atoms with Crippen molar-refractivity contribution in [3.05, 3.63) is 45.6 Å². The van der Waals surface area contributed by atoms with Crippen molar-refractivity contribution in [2.75, 3.05) is 0 Å². The van der Waals surface area contributed by atoms with Crippen molar-refractivity contribution >= 4 is 11.9 Å². The maximum absolute atomic E-state index is 10.4. The molecule has 0 spiro atoms. The Labute approximate surface area is 254 Å².